The van der Waals surface area contributed by atoms with Gasteiger partial charge in [-0.25, -0.2) is 18.4 Å². The number of rotatable bonds is 6. The molecule has 3 aromatic heterocycles. The molecule has 12 heteroatoms. The Hall–Kier alpha value is -2.57. The van der Waals surface area contributed by atoms with Gasteiger partial charge in [-0.2, -0.15) is 4.31 Å². The first-order valence-electron chi connectivity index (χ1n) is 10.9. The molecule has 1 atom stereocenters. The van der Waals surface area contributed by atoms with Crippen LogP contribution in [0.5, 0.6) is 0 Å². The van der Waals surface area contributed by atoms with Crippen LogP contribution in [-0.2, 0) is 21.2 Å². The maximum Gasteiger partial charge on any atom is 0.253 e. The minimum Gasteiger partial charge on any atom is -0.383 e. The van der Waals surface area contributed by atoms with E-state index in [2.05, 4.69) is 9.97 Å². The van der Waals surface area contributed by atoms with Gasteiger partial charge in [0.1, 0.15) is 16.4 Å². The zero-order valence-corrected chi connectivity index (χ0v) is 21.9. The van der Waals surface area contributed by atoms with E-state index in [1.54, 1.807) is 23.1 Å². The highest BCUT2D eigenvalue weighted by Crippen LogP contribution is 2.37. The maximum atomic E-state index is 13.2. The van der Waals surface area contributed by atoms with Crippen molar-refractivity contribution in [3.05, 3.63) is 58.7 Å². The van der Waals surface area contributed by atoms with E-state index in [0.717, 1.165) is 26.2 Å². The molecular weight excluding hydrogens is 526 g/mol. The molecule has 0 radical (unpaired) electrons. The summed E-state index contributed by atoms with van der Waals surface area (Å²) in [6, 6.07) is 12.7. The summed E-state index contributed by atoms with van der Waals surface area (Å²) < 4.78 is 28.6. The summed E-state index contributed by atoms with van der Waals surface area (Å²) in [5.74, 6) is 0.223. The summed E-state index contributed by atoms with van der Waals surface area (Å²) in [6.45, 7) is 2.38. The first kappa shape index (κ1) is 24.1. The van der Waals surface area contributed by atoms with E-state index in [-0.39, 0.29) is 29.2 Å². The number of carbonyl (C=O) groups is 1. The number of hydrogen-bond acceptors (Lipinski definition) is 8. The third kappa shape index (κ3) is 4.78. The number of sulfonamides is 1. The Balaban J connectivity index is 1.26. The second-order valence-electron chi connectivity index (χ2n) is 8.31. The van der Waals surface area contributed by atoms with Crippen LogP contribution in [0.3, 0.4) is 0 Å². The molecule has 0 spiro atoms. The molecule has 1 fully saturated rings. The lowest BCUT2D eigenvalue weighted by atomic mass is 10.0. The number of nitrogen functional groups attached to an aromatic ring is 1. The van der Waals surface area contributed by atoms with Gasteiger partial charge in [-0.3, -0.25) is 4.79 Å². The SMILES string of the molecule is CC(Cc1ccc2c(N)ncnc2c1)N1CCN(S(=O)(=O)c2ccc(-c3ccc(Cl)s3)s2)CC1=O. The molecule has 35 heavy (non-hydrogen) atoms. The Kier molecular flexibility index (Phi) is 6.53. The molecule has 1 unspecified atom stereocenters. The molecule has 8 nitrogen and oxygen atoms in total. The average molecular weight is 548 g/mol. The van der Waals surface area contributed by atoms with Crippen molar-refractivity contribution in [2.24, 2.45) is 0 Å². The Bertz CT molecular complexity index is 1520. The second kappa shape index (κ2) is 9.47. The Morgan fingerprint density at radius 3 is 2.60 bits per heavy atom. The average Bonchev–Trinajstić information content (AvgIpc) is 3.48. The molecule has 182 valence electrons. The lowest BCUT2D eigenvalue weighted by molar-refractivity contribution is -0.136. The summed E-state index contributed by atoms with van der Waals surface area (Å²) >= 11 is 8.60. The van der Waals surface area contributed by atoms with E-state index >= 15 is 0 Å². The van der Waals surface area contributed by atoms with Crippen LogP contribution < -0.4 is 5.73 Å². The van der Waals surface area contributed by atoms with Crippen LogP contribution in [0.1, 0.15) is 12.5 Å². The van der Waals surface area contributed by atoms with E-state index < -0.39 is 10.0 Å². The van der Waals surface area contributed by atoms with E-state index in [1.807, 2.05) is 31.2 Å². The smallest absolute Gasteiger partial charge is 0.253 e. The van der Waals surface area contributed by atoms with Crippen molar-refractivity contribution >= 4 is 66.9 Å². The number of amides is 1. The van der Waals surface area contributed by atoms with Gasteiger partial charge in [0.2, 0.25) is 5.91 Å². The molecule has 0 saturated carbocycles. The van der Waals surface area contributed by atoms with Gasteiger partial charge in [0.15, 0.2) is 0 Å². The third-order valence-corrected chi connectivity index (χ3v) is 10.8. The fourth-order valence-corrected chi connectivity index (χ4v) is 8.18. The third-order valence-electron chi connectivity index (χ3n) is 6.01. The van der Waals surface area contributed by atoms with Crippen molar-refractivity contribution in [3.63, 3.8) is 0 Å². The van der Waals surface area contributed by atoms with Crippen LogP contribution >= 0.6 is 34.3 Å². The lowest BCUT2D eigenvalue weighted by Gasteiger charge is -2.37. The predicted octanol–water partition coefficient (Wildman–Crippen LogP) is 4.12. The Morgan fingerprint density at radius 1 is 1.09 bits per heavy atom. The van der Waals surface area contributed by atoms with Gasteiger partial charge < -0.3 is 10.6 Å². The molecule has 4 aromatic rings. The number of fused-ring (bicyclic) bond motifs is 1. The largest absolute Gasteiger partial charge is 0.383 e. The van der Waals surface area contributed by atoms with Crippen LogP contribution in [0.4, 0.5) is 5.82 Å². The van der Waals surface area contributed by atoms with Gasteiger partial charge in [0.25, 0.3) is 10.0 Å². The number of piperazine rings is 1. The number of carbonyl (C=O) groups excluding carboxylic acids is 1. The first-order chi connectivity index (χ1) is 16.7. The highest BCUT2D eigenvalue weighted by atomic mass is 35.5. The van der Waals surface area contributed by atoms with Gasteiger partial charge in [-0.15, -0.1) is 22.7 Å². The van der Waals surface area contributed by atoms with Crippen LogP contribution in [0.2, 0.25) is 4.34 Å². The van der Waals surface area contributed by atoms with Gasteiger partial charge in [-0.05, 0) is 55.3 Å². The molecule has 0 aliphatic carbocycles. The predicted molar refractivity (Wildman–Crippen MR) is 140 cm³/mol. The van der Waals surface area contributed by atoms with E-state index in [9.17, 15) is 13.2 Å². The van der Waals surface area contributed by atoms with Crippen molar-refractivity contribution in [2.45, 2.75) is 23.6 Å². The zero-order valence-electron chi connectivity index (χ0n) is 18.7. The molecule has 2 N–H and O–H groups in total. The highest BCUT2D eigenvalue weighted by molar-refractivity contribution is 7.91. The van der Waals surface area contributed by atoms with Crippen molar-refractivity contribution < 1.29 is 13.2 Å². The van der Waals surface area contributed by atoms with Crippen LogP contribution in [0.15, 0.2) is 53.0 Å². The first-order valence-corrected chi connectivity index (χ1v) is 14.3. The summed E-state index contributed by atoms with van der Waals surface area (Å²) in [6.07, 6.45) is 2.05. The molecular formula is C23H22ClN5O3S3. The van der Waals surface area contributed by atoms with Crippen molar-refractivity contribution in [3.8, 4) is 9.75 Å². The Labute approximate surface area is 216 Å². The van der Waals surface area contributed by atoms with E-state index in [0.29, 0.717) is 23.1 Å². The van der Waals surface area contributed by atoms with Gasteiger partial charge in [0.05, 0.1) is 16.4 Å². The molecule has 5 rings (SSSR count). The quantitative estimate of drug-likeness (QED) is 0.389. The normalized spacial score (nSPS) is 16.2. The number of benzene rings is 1. The monoisotopic (exact) mass is 547 g/mol. The molecule has 1 aliphatic rings. The molecule has 1 amide bonds. The number of aromatic nitrogens is 2. The summed E-state index contributed by atoms with van der Waals surface area (Å²) in [4.78, 5) is 24.8. The lowest BCUT2D eigenvalue weighted by Crippen LogP contribution is -2.55. The van der Waals surface area contributed by atoms with Crippen molar-refractivity contribution in [1.82, 2.24) is 19.2 Å². The van der Waals surface area contributed by atoms with E-state index in [4.69, 9.17) is 17.3 Å². The number of nitrogens with two attached hydrogens (primary N) is 1. The molecule has 0 bridgehead atoms. The number of thiophene rings is 2. The maximum absolute atomic E-state index is 13.2. The fraction of sp³-hybridized carbons (Fsp3) is 0.261. The topological polar surface area (TPSA) is 109 Å². The number of anilines is 1. The summed E-state index contributed by atoms with van der Waals surface area (Å²) in [5.41, 5.74) is 7.68. The molecule has 1 aromatic carbocycles. The van der Waals surface area contributed by atoms with E-state index in [1.165, 1.54) is 33.3 Å². The van der Waals surface area contributed by atoms with Crippen LogP contribution in [-0.4, -0.2) is 59.2 Å². The summed E-state index contributed by atoms with van der Waals surface area (Å²) in [5, 5.41) is 0.790. The van der Waals surface area contributed by atoms with Crippen molar-refractivity contribution in [2.75, 3.05) is 25.4 Å². The number of nitrogens with zero attached hydrogens (tertiary/aromatic N) is 4. The van der Waals surface area contributed by atoms with Crippen molar-refractivity contribution in [1.29, 1.82) is 0 Å². The fourth-order valence-electron chi connectivity index (χ4n) is 4.20. The van der Waals surface area contributed by atoms with Gasteiger partial charge in [-0.1, -0.05) is 17.7 Å². The number of hydrogen-bond donors (Lipinski definition) is 1. The molecule has 4 heterocycles. The molecule has 1 aliphatic heterocycles. The Morgan fingerprint density at radius 2 is 1.86 bits per heavy atom. The van der Waals surface area contributed by atoms with Gasteiger partial charge in [0, 0.05) is 34.3 Å². The second-order valence-corrected chi connectivity index (χ2v) is 13.3. The van der Waals surface area contributed by atoms with Crippen LogP contribution in [0.25, 0.3) is 20.7 Å². The minimum absolute atomic E-state index is 0.0964. The zero-order chi connectivity index (χ0) is 24.7. The van der Waals surface area contributed by atoms with Gasteiger partial charge >= 0.3 is 0 Å². The molecule has 1 saturated heterocycles. The highest BCUT2D eigenvalue weighted by Gasteiger charge is 2.35. The number of halogens is 1. The standard InChI is InChI=1S/C23H22ClN5O3S3/c1-14(10-15-2-3-16-17(11-15)26-13-27-23(16)25)29-9-8-28(12-21(29)30)35(31,32)22-7-5-19(34-22)18-4-6-20(24)33-18/h2-7,11,13-14H,8-10,12H2,1H3,(H2,25,26,27). The minimum atomic E-state index is -3.76. The van der Waals surface area contributed by atoms with Crippen LogP contribution in [0, 0.1) is 0 Å². The summed E-state index contributed by atoms with van der Waals surface area (Å²) in [7, 11) is -3.76.